The van der Waals surface area contributed by atoms with Gasteiger partial charge in [0.05, 0.1) is 35.9 Å². The Balaban J connectivity index is 1.21. The summed E-state index contributed by atoms with van der Waals surface area (Å²) in [6.45, 7) is 4.91. The van der Waals surface area contributed by atoms with Crippen LogP contribution in [0.25, 0.3) is 0 Å². The number of nitrogens with zero attached hydrogens (tertiary/aromatic N) is 3. The topological polar surface area (TPSA) is 90.7 Å². The van der Waals surface area contributed by atoms with Crippen molar-refractivity contribution in [3.63, 3.8) is 0 Å². The lowest BCUT2D eigenvalue weighted by Crippen LogP contribution is -2.33. The Morgan fingerprint density at radius 1 is 1.00 bits per heavy atom. The third-order valence-corrected chi connectivity index (χ3v) is 8.46. The number of rotatable bonds is 9. The van der Waals surface area contributed by atoms with Crippen molar-refractivity contribution < 1.29 is 17.9 Å². The number of ketones is 1. The summed E-state index contributed by atoms with van der Waals surface area (Å²) in [6, 6.07) is 15.3. The van der Waals surface area contributed by atoms with Crippen molar-refractivity contribution in [3.8, 4) is 11.8 Å². The monoisotopic (exact) mass is 467 g/mol. The fourth-order valence-electron chi connectivity index (χ4n) is 4.90. The molecule has 33 heavy (non-hydrogen) atoms. The lowest BCUT2D eigenvalue weighted by Gasteiger charge is -2.21. The number of carbonyl (C=O) groups excluding carboxylic acids is 1. The van der Waals surface area contributed by atoms with Crippen LogP contribution in [-0.4, -0.2) is 76.1 Å². The summed E-state index contributed by atoms with van der Waals surface area (Å²) in [7, 11) is -1.73. The first-order chi connectivity index (χ1) is 15.9. The van der Waals surface area contributed by atoms with Crippen LogP contribution in [0.2, 0.25) is 0 Å². The SMILES string of the molecule is COc1ccc(C(=O)CN2CC3CN(CCCS(=O)(=O)c4ccc(C#N)cc4)CC3C2)cc1. The number of ether oxygens (including phenoxy) is 1. The van der Waals surface area contributed by atoms with E-state index in [9.17, 15) is 13.2 Å². The highest BCUT2D eigenvalue weighted by atomic mass is 32.2. The fraction of sp³-hybridized carbons (Fsp3) is 0.440. The number of hydrogen-bond acceptors (Lipinski definition) is 7. The van der Waals surface area contributed by atoms with Crippen LogP contribution in [0.3, 0.4) is 0 Å². The molecule has 0 spiro atoms. The maximum absolute atomic E-state index is 12.6. The van der Waals surface area contributed by atoms with Gasteiger partial charge in [-0.3, -0.25) is 9.69 Å². The second-order valence-corrected chi connectivity index (χ2v) is 11.0. The highest BCUT2D eigenvalue weighted by molar-refractivity contribution is 7.91. The number of fused-ring (bicyclic) bond motifs is 1. The van der Waals surface area contributed by atoms with Gasteiger partial charge >= 0.3 is 0 Å². The Hall–Kier alpha value is -2.73. The molecule has 2 aromatic rings. The van der Waals surface area contributed by atoms with Crippen LogP contribution < -0.4 is 4.74 Å². The van der Waals surface area contributed by atoms with E-state index in [1.807, 2.05) is 30.3 Å². The summed E-state index contributed by atoms with van der Waals surface area (Å²) in [5.74, 6) is 2.04. The first-order valence-electron chi connectivity index (χ1n) is 11.2. The minimum Gasteiger partial charge on any atom is -0.497 e. The first kappa shape index (κ1) is 23.4. The normalized spacial score (nSPS) is 21.0. The quantitative estimate of drug-likeness (QED) is 0.523. The van der Waals surface area contributed by atoms with Crippen LogP contribution in [0.15, 0.2) is 53.4 Å². The van der Waals surface area contributed by atoms with Crippen LogP contribution in [0.4, 0.5) is 0 Å². The summed E-state index contributed by atoms with van der Waals surface area (Å²) in [4.78, 5) is 17.5. The Bertz CT molecular complexity index is 1110. The smallest absolute Gasteiger partial charge is 0.178 e. The molecule has 2 saturated heterocycles. The number of Topliss-reactive ketones (excluding diaryl/α,β-unsaturated/α-hetero) is 1. The highest BCUT2D eigenvalue weighted by Crippen LogP contribution is 2.31. The third kappa shape index (κ3) is 5.61. The Labute approximate surface area is 195 Å². The van der Waals surface area contributed by atoms with E-state index in [1.54, 1.807) is 19.2 Å². The molecule has 2 fully saturated rings. The average Bonchev–Trinajstić information content (AvgIpc) is 3.37. The molecule has 8 heteroatoms. The molecule has 174 valence electrons. The molecule has 0 amide bonds. The van der Waals surface area contributed by atoms with E-state index in [-0.39, 0.29) is 16.4 Å². The van der Waals surface area contributed by atoms with Crippen molar-refractivity contribution in [2.45, 2.75) is 11.3 Å². The minimum atomic E-state index is -3.34. The van der Waals surface area contributed by atoms with E-state index in [0.29, 0.717) is 35.9 Å². The molecule has 2 unspecified atom stereocenters. The maximum Gasteiger partial charge on any atom is 0.178 e. The van der Waals surface area contributed by atoms with E-state index in [2.05, 4.69) is 9.80 Å². The van der Waals surface area contributed by atoms with E-state index in [4.69, 9.17) is 10.00 Å². The zero-order chi connectivity index (χ0) is 23.4. The number of hydrogen-bond donors (Lipinski definition) is 0. The minimum absolute atomic E-state index is 0.104. The largest absolute Gasteiger partial charge is 0.497 e. The lowest BCUT2D eigenvalue weighted by atomic mass is 10.0. The van der Waals surface area contributed by atoms with Gasteiger partial charge in [0.15, 0.2) is 15.6 Å². The molecule has 0 radical (unpaired) electrons. The molecule has 0 aliphatic carbocycles. The number of nitriles is 1. The molecule has 7 nitrogen and oxygen atoms in total. The number of carbonyl (C=O) groups is 1. The van der Waals surface area contributed by atoms with Crippen molar-refractivity contribution in [1.29, 1.82) is 5.26 Å². The van der Waals surface area contributed by atoms with Gasteiger partial charge in [-0.15, -0.1) is 0 Å². The molecule has 4 rings (SSSR count). The number of benzene rings is 2. The molecular weight excluding hydrogens is 438 g/mol. The van der Waals surface area contributed by atoms with E-state index >= 15 is 0 Å². The molecule has 0 bridgehead atoms. The number of likely N-dealkylation sites (tertiary alicyclic amines) is 2. The van der Waals surface area contributed by atoms with Crippen LogP contribution >= 0.6 is 0 Å². The summed E-state index contributed by atoms with van der Waals surface area (Å²) in [5, 5.41) is 8.86. The Morgan fingerprint density at radius 2 is 1.61 bits per heavy atom. The van der Waals surface area contributed by atoms with Crippen molar-refractivity contribution in [1.82, 2.24) is 9.80 Å². The number of sulfone groups is 1. The first-order valence-corrected chi connectivity index (χ1v) is 12.9. The van der Waals surface area contributed by atoms with E-state index in [0.717, 1.165) is 38.5 Å². The maximum atomic E-state index is 12.6. The van der Waals surface area contributed by atoms with Gasteiger partial charge in [0, 0.05) is 31.7 Å². The van der Waals surface area contributed by atoms with E-state index in [1.165, 1.54) is 12.1 Å². The van der Waals surface area contributed by atoms with E-state index < -0.39 is 9.84 Å². The van der Waals surface area contributed by atoms with Gasteiger partial charge in [-0.1, -0.05) is 0 Å². The van der Waals surface area contributed by atoms with Gasteiger partial charge in [0.25, 0.3) is 0 Å². The van der Waals surface area contributed by atoms with Crippen LogP contribution in [-0.2, 0) is 9.84 Å². The van der Waals surface area contributed by atoms with Crippen LogP contribution in [0.5, 0.6) is 5.75 Å². The number of methoxy groups -OCH3 is 1. The predicted octanol–water partition coefficient (Wildman–Crippen LogP) is 2.48. The lowest BCUT2D eigenvalue weighted by molar-refractivity contribution is 0.0938. The second kappa shape index (κ2) is 10.0. The molecular formula is C25H29N3O4S. The fourth-order valence-corrected chi connectivity index (χ4v) is 6.20. The molecule has 0 aromatic heterocycles. The molecule has 2 heterocycles. The van der Waals surface area contributed by atoms with Crippen molar-refractivity contribution in [2.75, 3.05) is 52.1 Å². The van der Waals surface area contributed by atoms with Crippen LogP contribution in [0, 0.1) is 23.2 Å². The average molecular weight is 468 g/mol. The molecule has 2 aromatic carbocycles. The Kier molecular flexibility index (Phi) is 7.13. The molecule has 0 saturated carbocycles. The second-order valence-electron chi connectivity index (χ2n) is 8.93. The van der Waals surface area contributed by atoms with Crippen LogP contribution in [0.1, 0.15) is 22.3 Å². The van der Waals surface area contributed by atoms with Crippen molar-refractivity contribution in [2.24, 2.45) is 11.8 Å². The van der Waals surface area contributed by atoms with Gasteiger partial charge in [-0.05, 0) is 73.3 Å². The third-order valence-electron chi connectivity index (χ3n) is 6.65. The summed E-state index contributed by atoms with van der Waals surface area (Å²) < 4.78 is 30.3. The molecule has 2 aliphatic rings. The molecule has 2 atom stereocenters. The zero-order valence-electron chi connectivity index (χ0n) is 18.8. The summed E-state index contributed by atoms with van der Waals surface area (Å²) in [6.07, 6.45) is 0.585. The van der Waals surface area contributed by atoms with Gasteiger partial charge in [-0.25, -0.2) is 8.42 Å². The summed E-state index contributed by atoms with van der Waals surface area (Å²) >= 11 is 0. The summed E-state index contributed by atoms with van der Waals surface area (Å²) in [5.41, 5.74) is 1.16. The zero-order valence-corrected chi connectivity index (χ0v) is 19.6. The van der Waals surface area contributed by atoms with Gasteiger partial charge in [-0.2, -0.15) is 5.26 Å². The van der Waals surface area contributed by atoms with Crippen molar-refractivity contribution in [3.05, 3.63) is 59.7 Å². The Morgan fingerprint density at radius 3 is 2.18 bits per heavy atom. The highest BCUT2D eigenvalue weighted by Gasteiger charge is 2.40. The molecule has 0 N–H and O–H groups in total. The van der Waals surface area contributed by atoms with Gasteiger partial charge in [0.2, 0.25) is 0 Å². The predicted molar refractivity (Wildman–Crippen MR) is 125 cm³/mol. The molecule has 2 aliphatic heterocycles. The van der Waals surface area contributed by atoms with Gasteiger partial charge in [0.1, 0.15) is 5.75 Å². The van der Waals surface area contributed by atoms with Crippen molar-refractivity contribution >= 4 is 15.6 Å². The van der Waals surface area contributed by atoms with Gasteiger partial charge < -0.3 is 9.64 Å². The standard InChI is InChI=1S/C25H29N3O4S/c1-32-23-7-5-20(6-8-23)25(29)18-28-16-21-14-27(15-22(21)17-28)11-2-12-33(30,31)24-9-3-19(13-26)4-10-24/h3-10,21-22H,2,11-12,14-18H2,1H3.